The summed E-state index contributed by atoms with van der Waals surface area (Å²) in [5.41, 5.74) is 6.51. The Kier molecular flexibility index (Phi) is 6.73. The minimum absolute atomic E-state index is 0.0884. The molecule has 0 bridgehead atoms. The fourth-order valence-electron chi connectivity index (χ4n) is 1.71. The zero-order valence-electron chi connectivity index (χ0n) is 12.5. The molecule has 124 valence electrons. The maximum atomic E-state index is 10.2. The lowest BCUT2D eigenvalue weighted by Crippen LogP contribution is -1.89. The van der Waals surface area contributed by atoms with Gasteiger partial charge in [-0.2, -0.15) is 5.26 Å². The maximum absolute atomic E-state index is 10.2. The zero-order valence-corrected chi connectivity index (χ0v) is 12.5. The molecule has 0 saturated carbocycles. The summed E-state index contributed by atoms with van der Waals surface area (Å²) in [6.45, 7) is 0. The van der Waals surface area contributed by atoms with E-state index >= 15 is 0 Å². The van der Waals surface area contributed by atoms with Crippen LogP contribution in [-0.4, -0.2) is 21.4 Å². The van der Waals surface area contributed by atoms with Gasteiger partial charge in [-0.3, -0.25) is 14.9 Å². The SMILES string of the molecule is N#CCCc1ccc(N)c(O)c1.O=Cc1ccc([N+](=O)[O-])c(O)c1. The molecule has 0 radical (unpaired) electrons. The van der Waals surface area contributed by atoms with E-state index in [1.165, 1.54) is 6.07 Å². The fraction of sp³-hybridized carbons (Fsp3) is 0.125. The highest BCUT2D eigenvalue weighted by molar-refractivity contribution is 5.76. The number of anilines is 1. The number of nitro groups is 1. The Morgan fingerprint density at radius 3 is 2.42 bits per heavy atom. The predicted molar refractivity (Wildman–Crippen MR) is 86.6 cm³/mol. The standard InChI is InChI=1S/C9H10N2O.C7H5NO4/c10-5-1-2-7-3-4-8(11)9(12)6-7;9-4-5-1-2-6(8(11)12)7(10)3-5/h3-4,6,12H,1-2,11H2;1-4,10H. The number of aryl methyl sites for hydroxylation is 1. The van der Waals surface area contributed by atoms with Gasteiger partial charge in [0.2, 0.25) is 0 Å². The van der Waals surface area contributed by atoms with Crippen molar-refractivity contribution in [3.8, 4) is 17.6 Å². The molecule has 0 saturated heterocycles. The molecule has 4 N–H and O–H groups in total. The lowest BCUT2D eigenvalue weighted by Gasteiger charge is -2.00. The number of carbonyl (C=O) groups is 1. The molecule has 0 spiro atoms. The highest BCUT2D eigenvalue weighted by Gasteiger charge is 2.12. The van der Waals surface area contributed by atoms with E-state index in [1.807, 2.05) is 12.1 Å². The number of nitriles is 1. The van der Waals surface area contributed by atoms with E-state index in [-0.39, 0.29) is 11.3 Å². The number of nitro benzene ring substituents is 1. The van der Waals surface area contributed by atoms with Crippen molar-refractivity contribution in [2.75, 3.05) is 5.73 Å². The molecule has 0 aliphatic carbocycles. The molecule has 2 aromatic carbocycles. The van der Waals surface area contributed by atoms with Crippen LogP contribution in [0.15, 0.2) is 36.4 Å². The van der Waals surface area contributed by atoms with Crippen molar-refractivity contribution >= 4 is 17.7 Å². The number of nitrogens with zero attached hydrogens (tertiary/aromatic N) is 2. The fourth-order valence-corrected chi connectivity index (χ4v) is 1.71. The molecule has 0 unspecified atom stereocenters. The molecular formula is C16H15N3O5. The average molecular weight is 329 g/mol. The highest BCUT2D eigenvalue weighted by Crippen LogP contribution is 2.25. The van der Waals surface area contributed by atoms with Crippen molar-refractivity contribution in [3.63, 3.8) is 0 Å². The van der Waals surface area contributed by atoms with Gasteiger partial charge in [-0.05, 0) is 36.2 Å². The van der Waals surface area contributed by atoms with Crippen molar-refractivity contribution < 1.29 is 19.9 Å². The summed E-state index contributed by atoms with van der Waals surface area (Å²) < 4.78 is 0. The minimum Gasteiger partial charge on any atom is -0.506 e. The summed E-state index contributed by atoms with van der Waals surface area (Å²) in [6.07, 6.45) is 1.62. The Bertz CT molecular complexity index is 784. The first-order chi connectivity index (χ1) is 11.4. The number of hydrogen-bond donors (Lipinski definition) is 3. The maximum Gasteiger partial charge on any atom is 0.310 e. The second kappa shape index (κ2) is 8.75. The van der Waals surface area contributed by atoms with Crippen molar-refractivity contribution in [1.82, 2.24) is 0 Å². The van der Waals surface area contributed by atoms with Gasteiger partial charge in [0, 0.05) is 18.1 Å². The summed E-state index contributed by atoms with van der Waals surface area (Å²) >= 11 is 0. The van der Waals surface area contributed by atoms with E-state index in [9.17, 15) is 20.0 Å². The van der Waals surface area contributed by atoms with E-state index < -0.39 is 16.4 Å². The number of phenolic OH excluding ortho intramolecular Hbond substituents is 2. The molecule has 8 heteroatoms. The molecule has 24 heavy (non-hydrogen) atoms. The predicted octanol–water partition coefficient (Wildman–Crippen LogP) is 2.54. The van der Waals surface area contributed by atoms with Crippen LogP contribution in [0.1, 0.15) is 22.3 Å². The molecule has 8 nitrogen and oxygen atoms in total. The van der Waals surface area contributed by atoms with Crippen LogP contribution in [0.3, 0.4) is 0 Å². The Balaban J connectivity index is 0.000000240. The van der Waals surface area contributed by atoms with Crippen LogP contribution < -0.4 is 5.73 Å². The number of hydrogen-bond acceptors (Lipinski definition) is 7. The normalized spacial score (nSPS) is 9.29. The van der Waals surface area contributed by atoms with Crippen molar-refractivity contribution in [3.05, 3.63) is 57.6 Å². The highest BCUT2D eigenvalue weighted by atomic mass is 16.6. The van der Waals surface area contributed by atoms with Crippen LogP contribution in [-0.2, 0) is 6.42 Å². The van der Waals surface area contributed by atoms with Gasteiger partial charge < -0.3 is 15.9 Å². The molecule has 0 fully saturated rings. The molecule has 0 amide bonds. The van der Waals surface area contributed by atoms with Gasteiger partial charge in [0.1, 0.15) is 12.0 Å². The Hall–Kier alpha value is -3.60. The van der Waals surface area contributed by atoms with Crippen molar-refractivity contribution in [2.45, 2.75) is 12.8 Å². The molecule has 2 aromatic rings. The molecule has 0 aliphatic heterocycles. The van der Waals surface area contributed by atoms with Crippen LogP contribution in [0, 0.1) is 21.4 Å². The second-order valence-corrected chi connectivity index (χ2v) is 4.67. The van der Waals surface area contributed by atoms with Crippen LogP contribution >= 0.6 is 0 Å². The van der Waals surface area contributed by atoms with Crippen molar-refractivity contribution in [2.24, 2.45) is 0 Å². The summed E-state index contributed by atoms with van der Waals surface area (Å²) in [5.74, 6) is -0.407. The lowest BCUT2D eigenvalue weighted by molar-refractivity contribution is -0.385. The number of nitrogens with two attached hydrogens (primary N) is 1. The third-order valence-corrected chi connectivity index (χ3v) is 2.95. The quantitative estimate of drug-likeness (QED) is 0.256. The lowest BCUT2D eigenvalue weighted by atomic mass is 10.1. The van der Waals surface area contributed by atoms with Crippen LogP contribution in [0.2, 0.25) is 0 Å². The number of nitrogen functional groups attached to an aromatic ring is 1. The number of phenols is 2. The second-order valence-electron chi connectivity index (χ2n) is 4.67. The monoisotopic (exact) mass is 329 g/mol. The Morgan fingerprint density at radius 2 is 1.92 bits per heavy atom. The first kappa shape index (κ1) is 18.4. The molecular weight excluding hydrogens is 314 g/mol. The smallest absolute Gasteiger partial charge is 0.310 e. The Morgan fingerprint density at radius 1 is 1.21 bits per heavy atom. The van der Waals surface area contributed by atoms with Crippen LogP contribution in [0.4, 0.5) is 11.4 Å². The molecule has 0 atom stereocenters. The number of benzene rings is 2. The first-order valence-electron chi connectivity index (χ1n) is 6.76. The van der Waals surface area contributed by atoms with Gasteiger partial charge in [-0.1, -0.05) is 6.07 Å². The topological polar surface area (TPSA) is 150 Å². The first-order valence-corrected chi connectivity index (χ1v) is 6.76. The van der Waals surface area contributed by atoms with Gasteiger partial charge in [0.25, 0.3) is 0 Å². The van der Waals surface area contributed by atoms with Crippen molar-refractivity contribution in [1.29, 1.82) is 5.26 Å². The van der Waals surface area contributed by atoms with Crippen LogP contribution in [0.25, 0.3) is 0 Å². The minimum atomic E-state index is -0.718. The number of aldehydes is 1. The van der Waals surface area contributed by atoms with E-state index in [0.717, 1.165) is 17.7 Å². The zero-order chi connectivity index (χ0) is 18.1. The van der Waals surface area contributed by atoms with E-state index in [1.54, 1.807) is 12.1 Å². The summed E-state index contributed by atoms with van der Waals surface area (Å²) in [6, 6.07) is 10.5. The van der Waals surface area contributed by atoms with Gasteiger partial charge >= 0.3 is 5.69 Å². The van der Waals surface area contributed by atoms with Gasteiger partial charge in [-0.15, -0.1) is 0 Å². The molecule has 2 rings (SSSR count). The van der Waals surface area contributed by atoms with E-state index in [0.29, 0.717) is 24.8 Å². The summed E-state index contributed by atoms with van der Waals surface area (Å²) in [4.78, 5) is 19.6. The number of aromatic hydroxyl groups is 2. The third kappa shape index (κ3) is 5.31. The number of carbonyl (C=O) groups excluding carboxylic acids is 1. The van der Waals surface area contributed by atoms with Gasteiger partial charge in [-0.25, -0.2) is 0 Å². The average Bonchev–Trinajstić information content (AvgIpc) is 2.56. The van der Waals surface area contributed by atoms with E-state index in [2.05, 4.69) is 0 Å². The van der Waals surface area contributed by atoms with Crippen LogP contribution in [0.5, 0.6) is 11.5 Å². The van der Waals surface area contributed by atoms with Gasteiger partial charge in [0.15, 0.2) is 5.75 Å². The van der Waals surface area contributed by atoms with E-state index in [4.69, 9.17) is 16.1 Å². The molecule has 0 aromatic heterocycles. The molecule has 0 heterocycles. The molecule has 0 aliphatic rings. The van der Waals surface area contributed by atoms with Gasteiger partial charge in [0.05, 0.1) is 16.7 Å². The summed E-state index contributed by atoms with van der Waals surface area (Å²) in [7, 11) is 0. The largest absolute Gasteiger partial charge is 0.506 e. The Labute approximate surface area is 137 Å². The third-order valence-electron chi connectivity index (χ3n) is 2.95. The number of rotatable bonds is 4. The summed E-state index contributed by atoms with van der Waals surface area (Å²) in [5, 5.41) is 36.7.